The highest BCUT2D eigenvalue weighted by Gasteiger charge is 2.03. The Labute approximate surface area is 152 Å². The number of benzene rings is 3. The van der Waals surface area contributed by atoms with Gasteiger partial charge >= 0.3 is 0 Å². The van der Waals surface area contributed by atoms with E-state index in [-0.39, 0.29) is 5.78 Å². The van der Waals surface area contributed by atoms with Crippen LogP contribution in [-0.2, 0) is 0 Å². The van der Waals surface area contributed by atoms with E-state index < -0.39 is 0 Å². The first-order chi connectivity index (χ1) is 12.1. The van der Waals surface area contributed by atoms with Gasteiger partial charge in [0.15, 0.2) is 5.78 Å². The molecule has 0 spiro atoms. The van der Waals surface area contributed by atoms with Crippen molar-refractivity contribution < 1.29 is 4.79 Å². The lowest BCUT2D eigenvalue weighted by molar-refractivity contribution is 0.104. The zero-order chi connectivity index (χ0) is 17.6. The Morgan fingerprint density at radius 2 is 1.56 bits per heavy atom. The number of hydrogen-bond donors (Lipinski definition) is 1. The molecule has 25 heavy (non-hydrogen) atoms. The summed E-state index contributed by atoms with van der Waals surface area (Å²) in [6, 6.07) is 23.3. The molecule has 0 unspecified atom stereocenters. The van der Waals surface area contributed by atoms with E-state index in [4.69, 9.17) is 11.6 Å². The van der Waals surface area contributed by atoms with Crippen molar-refractivity contribution in [1.82, 2.24) is 0 Å². The van der Waals surface area contributed by atoms with Crippen LogP contribution in [0.4, 0.5) is 5.69 Å². The van der Waals surface area contributed by atoms with Gasteiger partial charge < -0.3 is 5.32 Å². The predicted molar refractivity (Wildman–Crippen MR) is 105 cm³/mol. The van der Waals surface area contributed by atoms with Crippen molar-refractivity contribution in [2.45, 2.75) is 6.92 Å². The number of nitrogens with one attached hydrogen (secondary N) is 1. The van der Waals surface area contributed by atoms with Crippen LogP contribution in [-0.4, -0.2) is 5.78 Å². The summed E-state index contributed by atoms with van der Waals surface area (Å²) in [4.78, 5) is 12.3. The molecule has 124 valence electrons. The van der Waals surface area contributed by atoms with Gasteiger partial charge in [0.25, 0.3) is 0 Å². The smallest absolute Gasteiger partial charge is 0.187 e. The van der Waals surface area contributed by atoms with E-state index in [2.05, 4.69) is 5.32 Å². The monoisotopic (exact) mass is 347 g/mol. The fraction of sp³-hybridized carbons (Fsp3) is 0.0455. The van der Waals surface area contributed by atoms with Crippen LogP contribution in [0.5, 0.6) is 0 Å². The standard InChI is InChI=1S/C22H18ClNO/c1-16-20(23)8-5-9-21(16)24-15-14-22(25)19-12-10-18(11-13-19)17-6-3-2-4-7-17/h2-15,24H,1H3/b15-14+. The van der Waals surface area contributed by atoms with Gasteiger partial charge in [-0.2, -0.15) is 0 Å². The Morgan fingerprint density at radius 1 is 0.880 bits per heavy atom. The van der Waals surface area contributed by atoms with E-state index in [9.17, 15) is 4.79 Å². The van der Waals surface area contributed by atoms with Gasteiger partial charge in [-0.3, -0.25) is 4.79 Å². The molecule has 0 amide bonds. The highest BCUT2D eigenvalue weighted by atomic mass is 35.5. The Kier molecular flexibility index (Phi) is 5.32. The number of carbonyl (C=O) groups excluding carboxylic acids is 1. The summed E-state index contributed by atoms with van der Waals surface area (Å²) < 4.78 is 0. The van der Waals surface area contributed by atoms with Crippen molar-refractivity contribution in [3.05, 3.63) is 101 Å². The van der Waals surface area contributed by atoms with Crippen LogP contribution in [0, 0.1) is 6.92 Å². The SMILES string of the molecule is Cc1c(Cl)cccc1N/C=C/C(=O)c1ccc(-c2ccccc2)cc1. The molecule has 1 N–H and O–H groups in total. The molecule has 0 aliphatic carbocycles. The number of hydrogen-bond acceptors (Lipinski definition) is 2. The molecule has 3 rings (SSSR count). The van der Waals surface area contributed by atoms with Crippen molar-refractivity contribution in [3.8, 4) is 11.1 Å². The number of carbonyl (C=O) groups is 1. The Hall–Kier alpha value is -2.84. The average Bonchev–Trinajstić information content (AvgIpc) is 2.66. The summed E-state index contributed by atoms with van der Waals surface area (Å²) in [5.74, 6) is -0.0493. The highest BCUT2D eigenvalue weighted by Crippen LogP contribution is 2.23. The van der Waals surface area contributed by atoms with Gasteiger partial charge in [-0.25, -0.2) is 0 Å². The van der Waals surface area contributed by atoms with Gasteiger partial charge in [-0.15, -0.1) is 0 Å². The maximum absolute atomic E-state index is 12.3. The second-order valence-electron chi connectivity index (χ2n) is 5.70. The molecule has 0 aromatic heterocycles. The van der Waals surface area contributed by atoms with Crippen LogP contribution < -0.4 is 5.32 Å². The van der Waals surface area contributed by atoms with E-state index in [1.807, 2.05) is 79.7 Å². The molecule has 2 nitrogen and oxygen atoms in total. The molecule has 0 radical (unpaired) electrons. The topological polar surface area (TPSA) is 29.1 Å². The zero-order valence-electron chi connectivity index (χ0n) is 13.9. The second-order valence-corrected chi connectivity index (χ2v) is 6.10. The Balaban J connectivity index is 1.68. The maximum Gasteiger partial charge on any atom is 0.187 e. The number of ketones is 1. The van der Waals surface area contributed by atoms with Gasteiger partial charge in [0.2, 0.25) is 0 Å². The average molecular weight is 348 g/mol. The van der Waals surface area contributed by atoms with Crippen LogP contribution >= 0.6 is 11.6 Å². The molecular formula is C22H18ClNO. The summed E-state index contributed by atoms with van der Waals surface area (Å²) in [6.07, 6.45) is 3.17. The van der Waals surface area contributed by atoms with Crippen LogP contribution in [0.2, 0.25) is 5.02 Å². The molecule has 0 aliphatic rings. The van der Waals surface area contributed by atoms with Crippen molar-refractivity contribution in [2.24, 2.45) is 0 Å². The molecule has 0 atom stereocenters. The van der Waals surface area contributed by atoms with E-state index in [0.717, 1.165) is 22.4 Å². The van der Waals surface area contributed by atoms with E-state index >= 15 is 0 Å². The molecule has 0 saturated heterocycles. The Morgan fingerprint density at radius 3 is 2.28 bits per heavy atom. The largest absolute Gasteiger partial charge is 0.361 e. The highest BCUT2D eigenvalue weighted by molar-refractivity contribution is 6.31. The van der Waals surface area contributed by atoms with Gasteiger partial charge in [0.1, 0.15) is 0 Å². The molecule has 3 aromatic carbocycles. The fourth-order valence-corrected chi connectivity index (χ4v) is 2.70. The first kappa shape index (κ1) is 17.0. The maximum atomic E-state index is 12.3. The number of rotatable bonds is 5. The summed E-state index contributed by atoms with van der Waals surface area (Å²) in [7, 11) is 0. The lowest BCUT2D eigenvalue weighted by atomic mass is 10.0. The number of anilines is 1. The Bertz CT molecular complexity index is 899. The quantitative estimate of drug-likeness (QED) is 0.444. The normalized spacial score (nSPS) is 10.8. The molecule has 0 heterocycles. The third kappa shape index (κ3) is 4.17. The van der Waals surface area contributed by atoms with E-state index in [0.29, 0.717) is 10.6 Å². The van der Waals surface area contributed by atoms with E-state index in [1.165, 1.54) is 6.08 Å². The lowest BCUT2D eigenvalue weighted by Crippen LogP contribution is -1.97. The molecule has 0 saturated carbocycles. The summed E-state index contributed by atoms with van der Waals surface area (Å²) >= 11 is 6.09. The minimum Gasteiger partial charge on any atom is -0.361 e. The van der Waals surface area contributed by atoms with E-state index in [1.54, 1.807) is 6.20 Å². The van der Waals surface area contributed by atoms with Crippen molar-refractivity contribution in [3.63, 3.8) is 0 Å². The molecule has 3 heteroatoms. The van der Waals surface area contributed by atoms with Crippen molar-refractivity contribution >= 4 is 23.1 Å². The van der Waals surface area contributed by atoms with Crippen molar-refractivity contribution in [2.75, 3.05) is 5.32 Å². The van der Waals surface area contributed by atoms with Gasteiger partial charge in [0.05, 0.1) is 0 Å². The van der Waals surface area contributed by atoms with Gasteiger partial charge in [-0.05, 0) is 35.7 Å². The number of allylic oxidation sites excluding steroid dienone is 1. The molecule has 0 fully saturated rings. The number of halogens is 1. The molecule has 0 aliphatic heterocycles. The summed E-state index contributed by atoms with van der Waals surface area (Å²) in [5, 5.41) is 3.80. The third-order valence-corrected chi connectivity index (χ3v) is 4.43. The van der Waals surface area contributed by atoms with Crippen LogP contribution in [0.3, 0.4) is 0 Å². The molecule has 0 bridgehead atoms. The lowest BCUT2D eigenvalue weighted by Gasteiger charge is -2.06. The van der Waals surface area contributed by atoms with Crippen LogP contribution in [0.15, 0.2) is 85.1 Å². The fourth-order valence-electron chi connectivity index (χ4n) is 2.52. The predicted octanol–water partition coefficient (Wildman–Crippen LogP) is 6.12. The minimum atomic E-state index is -0.0493. The van der Waals surface area contributed by atoms with Gasteiger partial charge in [0, 0.05) is 28.5 Å². The molecular weight excluding hydrogens is 330 g/mol. The first-order valence-electron chi connectivity index (χ1n) is 8.03. The first-order valence-corrected chi connectivity index (χ1v) is 8.41. The van der Waals surface area contributed by atoms with Crippen LogP contribution in [0.1, 0.15) is 15.9 Å². The minimum absolute atomic E-state index is 0.0493. The summed E-state index contributed by atoms with van der Waals surface area (Å²) in [6.45, 7) is 1.93. The second kappa shape index (κ2) is 7.82. The van der Waals surface area contributed by atoms with Crippen LogP contribution in [0.25, 0.3) is 11.1 Å². The summed E-state index contributed by atoms with van der Waals surface area (Å²) in [5.41, 5.74) is 4.72. The third-order valence-electron chi connectivity index (χ3n) is 4.02. The zero-order valence-corrected chi connectivity index (χ0v) is 14.6. The van der Waals surface area contributed by atoms with Crippen molar-refractivity contribution in [1.29, 1.82) is 0 Å². The molecule has 3 aromatic rings. The van der Waals surface area contributed by atoms with Gasteiger partial charge in [-0.1, -0.05) is 72.3 Å².